The molecular formula is C21H16O3. The van der Waals surface area contributed by atoms with E-state index in [1.165, 1.54) is 0 Å². The molecule has 4 rings (SSSR count). The van der Waals surface area contributed by atoms with Gasteiger partial charge in [-0.2, -0.15) is 0 Å². The Kier molecular flexibility index (Phi) is 3.54. The predicted molar refractivity (Wildman–Crippen MR) is 94.0 cm³/mol. The summed E-state index contributed by atoms with van der Waals surface area (Å²) in [6, 6.07) is 21.6. The Balaban J connectivity index is 1.60. The zero-order valence-corrected chi connectivity index (χ0v) is 13.3. The number of ether oxygens (including phenoxy) is 1. The van der Waals surface area contributed by atoms with E-state index in [1.807, 2.05) is 73.7 Å². The molecule has 0 amide bonds. The number of hydrogen-bond acceptors (Lipinski definition) is 3. The van der Waals surface area contributed by atoms with Crippen molar-refractivity contribution in [1.82, 2.24) is 0 Å². The monoisotopic (exact) mass is 316 g/mol. The van der Waals surface area contributed by atoms with Crippen LogP contribution in [0.1, 0.15) is 21.7 Å². The molecule has 0 aliphatic heterocycles. The molecule has 0 bridgehead atoms. The zero-order valence-electron chi connectivity index (χ0n) is 13.3. The second kappa shape index (κ2) is 5.85. The van der Waals surface area contributed by atoms with Crippen molar-refractivity contribution in [3.8, 4) is 0 Å². The zero-order chi connectivity index (χ0) is 16.5. The maximum Gasteiger partial charge on any atom is 0.374 e. The van der Waals surface area contributed by atoms with Crippen LogP contribution in [0.25, 0.3) is 21.7 Å². The average molecular weight is 316 g/mol. The van der Waals surface area contributed by atoms with Crippen molar-refractivity contribution in [2.75, 3.05) is 0 Å². The highest BCUT2D eigenvalue weighted by atomic mass is 16.5. The number of hydrogen-bond donors (Lipinski definition) is 0. The van der Waals surface area contributed by atoms with Gasteiger partial charge in [-0.1, -0.05) is 60.7 Å². The maximum atomic E-state index is 12.4. The number of benzene rings is 3. The molecule has 1 aromatic heterocycles. The van der Waals surface area contributed by atoms with E-state index in [2.05, 4.69) is 0 Å². The summed E-state index contributed by atoms with van der Waals surface area (Å²) in [5.41, 5.74) is 2.50. The van der Waals surface area contributed by atoms with Gasteiger partial charge in [-0.15, -0.1) is 0 Å². The van der Waals surface area contributed by atoms with E-state index >= 15 is 0 Å². The highest BCUT2D eigenvalue weighted by Crippen LogP contribution is 2.26. The largest absolute Gasteiger partial charge is 0.455 e. The lowest BCUT2D eigenvalue weighted by Crippen LogP contribution is -2.05. The molecule has 118 valence electrons. The first-order valence-electron chi connectivity index (χ1n) is 7.86. The summed E-state index contributed by atoms with van der Waals surface area (Å²) in [5, 5.41) is 3.16. The number of aryl methyl sites for hydroxylation is 1. The number of carbonyl (C=O) groups excluding carboxylic acids is 1. The molecule has 0 saturated heterocycles. The molecule has 0 radical (unpaired) electrons. The van der Waals surface area contributed by atoms with Crippen LogP contribution in [0, 0.1) is 6.92 Å². The van der Waals surface area contributed by atoms with Gasteiger partial charge in [-0.25, -0.2) is 4.79 Å². The Morgan fingerprint density at radius 2 is 1.62 bits per heavy atom. The Hall–Kier alpha value is -3.07. The van der Waals surface area contributed by atoms with Gasteiger partial charge in [-0.05, 0) is 29.3 Å². The second-order valence-electron chi connectivity index (χ2n) is 5.77. The molecule has 0 fully saturated rings. The molecule has 4 aromatic rings. The van der Waals surface area contributed by atoms with Gasteiger partial charge in [-0.3, -0.25) is 0 Å². The van der Waals surface area contributed by atoms with Crippen molar-refractivity contribution in [2.45, 2.75) is 13.5 Å². The van der Waals surface area contributed by atoms with Crippen molar-refractivity contribution < 1.29 is 13.9 Å². The molecule has 24 heavy (non-hydrogen) atoms. The first kappa shape index (κ1) is 14.5. The number of fused-ring (bicyclic) bond motifs is 2. The van der Waals surface area contributed by atoms with Gasteiger partial charge in [0.05, 0.1) is 0 Å². The van der Waals surface area contributed by atoms with E-state index in [9.17, 15) is 4.79 Å². The molecule has 0 unspecified atom stereocenters. The van der Waals surface area contributed by atoms with Gasteiger partial charge in [0.15, 0.2) is 0 Å². The summed E-state index contributed by atoms with van der Waals surface area (Å²) in [7, 11) is 0. The molecule has 3 heteroatoms. The first-order chi connectivity index (χ1) is 11.7. The van der Waals surface area contributed by atoms with E-state index in [0.717, 1.165) is 27.3 Å². The third-order valence-corrected chi connectivity index (χ3v) is 4.27. The van der Waals surface area contributed by atoms with E-state index in [1.54, 1.807) is 0 Å². The maximum absolute atomic E-state index is 12.4. The third-order valence-electron chi connectivity index (χ3n) is 4.27. The van der Waals surface area contributed by atoms with E-state index < -0.39 is 5.97 Å². The molecule has 1 heterocycles. The minimum absolute atomic E-state index is 0.219. The molecular weight excluding hydrogens is 300 g/mol. The minimum atomic E-state index is -0.434. The van der Waals surface area contributed by atoms with E-state index in [0.29, 0.717) is 5.58 Å². The van der Waals surface area contributed by atoms with Crippen LogP contribution < -0.4 is 0 Å². The lowest BCUT2D eigenvalue weighted by atomic mass is 10.1. The van der Waals surface area contributed by atoms with Gasteiger partial charge < -0.3 is 9.15 Å². The molecule has 0 aliphatic carbocycles. The van der Waals surface area contributed by atoms with Crippen LogP contribution in [-0.2, 0) is 11.3 Å². The van der Waals surface area contributed by atoms with Crippen LogP contribution in [0.5, 0.6) is 0 Å². The topological polar surface area (TPSA) is 39.4 Å². The average Bonchev–Trinajstić information content (AvgIpc) is 2.97. The minimum Gasteiger partial charge on any atom is -0.455 e. The summed E-state index contributed by atoms with van der Waals surface area (Å²) in [5.74, 6) is -0.159. The van der Waals surface area contributed by atoms with Gasteiger partial charge >= 0.3 is 5.97 Å². The van der Waals surface area contributed by atoms with Crippen molar-refractivity contribution in [2.24, 2.45) is 0 Å². The smallest absolute Gasteiger partial charge is 0.374 e. The summed E-state index contributed by atoms with van der Waals surface area (Å²) < 4.78 is 11.2. The number of para-hydroxylation sites is 1. The Bertz CT molecular complexity index is 1040. The molecule has 3 nitrogen and oxygen atoms in total. The number of esters is 1. The van der Waals surface area contributed by atoms with Crippen LogP contribution >= 0.6 is 0 Å². The van der Waals surface area contributed by atoms with Crippen LogP contribution in [0.15, 0.2) is 71.1 Å². The van der Waals surface area contributed by atoms with Crippen LogP contribution in [-0.4, -0.2) is 5.97 Å². The van der Waals surface area contributed by atoms with Crippen molar-refractivity contribution >= 4 is 27.7 Å². The third kappa shape index (κ3) is 2.44. The van der Waals surface area contributed by atoms with Crippen LogP contribution in [0.3, 0.4) is 0 Å². The molecule has 3 aromatic carbocycles. The Labute approximate surface area is 139 Å². The van der Waals surface area contributed by atoms with Crippen LogP contribution in [0.2, 0.25) is 0 Å². The van der Waals surface area contributed by atoms with Crippen molar-refractivity contribution in [3.63, 3.8) is 0 Å². The number of rotatable bonds is 3. The summed E-state index contributed by atoms with van der Waals surface area (Å²) in [6.45, 7) is 2.09. The molecule has 0 spiro atoms. The highest BCUT2D eigenvalue weighted by Gasteiger charge is 2.19. The highest BCUT2D eigenvalue weighted by molar-refractivity contribution is 5.96. The fourth-order valence-electron chi connectivity index (χ4n) is 3.00. The van der Waals surface area contributed by atoms with Crippen molar-refractivity contribution in [1.29, 1.82) is 0 Å². The fourth-order valence-corrected chi connectivity index (χ4v) is 3.00. The fraction of sp³-hybridized carbons (Fsp3) is 0.0952. The van der Waals surface area contributed by atoms with Gasteiger partial charge in [0, 0.05) is 10.9 Å². The summed E-state index contributed by atoms with van der Waals surface area (Å²) in [6.07, 6.45) is 0. The lowest BCUT2D eigenvalue weighted by molar-refractivity contribution is 0.0439. The predicted octanol–water partition coefficient (Wildman–Crippen LogP) is 5.25. The number of carbonyl (C=O) groups is 1. The number of furan rings is 1. The standard InChI is InChI=1S/C21H16O3/c1-14-17-10-4-5-12-19(17)24-20(14)21(22)23-13-16-9-6-8-15-7-2-3-11-18(15)16/h2-12H,13H2,1H3. The van der Waals surface area contributed by atoms with E-state index in [-0.39, 0.29) is 12.4 Å². The summed E-state index contributed by atoms with van der Waals surface area (Å²) in [4.78, 5) is 12.4. The SMILES string of the molecule is Cc1c(C(=O)OCc2cccc3ccccc23)oc2ccccc12. The molecule has 0 aliphatic rings. The molecule has 0 atom stereocenters. The molecule has 0 saturated carbocycles. The Morgan fingerprint density at radius 3 is 2.46 bits per heavy atom. The molecule has 0 N–H and O–H groups in total. The van der Waals surface area contributed by atoms with Crippen LogP contribution in [0.4, 0.5) is 0 Å². The Morgan fingerprint density at radius 1 is 0.917 bits per heavy atom. The van der Waals surface area contributed by atoms with E-state index in [4.69, 9.17) is 9.15 Å². The van der Waals surface area contributed by atoms with Crippen molar-refractivity contribution in [3.05, 3.63) is 83.6 Å². The summed E-state index contributed by atoms with van der Waals surface area (Å²) >= 11 is 0. The lowest BCUT2D eigenvalue weighted by Gasteiger charge is -2.07. The van der Waals surface area contributed by atoms with Gasteiger partial charge in [0.2, 0.25) is 5.76 Å². The normalized spacial score (nSPS) is 11.0. The quantitative estimate of drug-likeness (QED) is 0.484. The second-order valence-corrected chi connectivity index (χ2v) is 5.77. The van der Waals surface area contributed by atoms with Gasteiger partial charge in [0.25, 0.3) is 0 Å². The van der Waals surface area contributed by atoms with Gasteiger partial charge in [0.1, 0.15) is 12.2 Å². The first-order valence-corrected chi connectivity index (χ1v) is 7.86.